The second-order valence-corrected chi connectivity index (χ2v) is 8.41. The van der Waals surface area contributed by atoms with Crippen LogP contribution in [-0.2, 0) is 4.74 Å². The van der Waals surface area contributed by atoms with Crippen molar-refractivity contribution in [2.75, 3.05) is 36.5 Å². The van der Waals surface area contributed by atoms with Crippen LogP contribution in [0.4, 0.5) is 17.1 Å². The molecule has 1 saturated heterocycles. The van der Waals surface area contributed by atoms with Gasteiger partial charge in [-0.3, -0.25) is 20.2 Å². The summed E-state index contributed by atoms with van der Waals surface area (Å²) in [5, 5.41) is 26.2. The van der Waals surface area contributed by atoms with Gasteiger partial charge in [0.25, 0.3) is 11.6 Å². The Bertz CT molecular complexity index is 1450. The summed E-state index contributed by atoms with van der Waals surface area (Å²) >= 11 is 5.29. The van der Waals surface area contributed by atoms with Gasteiger partial charge in [-0.1, -0.05) is 18.2 Å². The molecule has 1 aliphatic heterocycles. The van der Waals surface area contributed by atoms with Crippen LogP contribution in [0.3, 0.4) is 0 Å². The number of carbonyl (C=O) groups is 1. The van der Waals surface area contributed by atoms with Crippen LogP contribution < -0.4 is 15.5 Å². The largest absolute Gasteiger partial charge is 0.378 e. The molecule has 36 heavy (non-hydrogen) atoms. The molecule has 0 bridgehead atoms. The van der Waals surface area contributed by atoms with E-state index in [4.69, 9.17) is 17.0 Å². The number of para-hydroxylation sites is 1. The molecule has 0 spiro atoms. The van der Waals surface area contributed by atoms with E-state index in [1.165, 1.54) is 6.07 Å². The lowest BCUT2D eigenvalue weighted by atomic mass is 10.1. The van der Waals surface area contributed by atoms with Crippen molar-refractivity contribution in [2.24, 2.45) is 0 Å². The topological polar surface area (TPSA) is 127 Å². The van der Waals surface area contributed by atoms with Crippen LogP contribution in [0.1, 0.15) is 10.4 Å². The van der Waals surface area contributed by atoms with Crippen molar-refractivity contribution in [3.63, 3.8) is 0 Å². The minimum absolute atomic E-state index is 0.0507. The lowest BCUT2D eigenvalue weighted by Crippen LogP contribution is -2.37. The SMILES string of the molecule is O=C(NC(=S)Nc1ccc2nn(-c3ccccc3)nc2c1)c1ccc(N2CCOCC2)c([N+](=O)[O-])c1. The van der Waals surface area contributed by atoms with Crippen LogP contribution >= 0.6 is 12.2 Å². The molecule has 2 N–H and O–H groups in total. The van der Waals surface area contributed by atoms with Gasteiger partial charge in [-0.25, -0.2) is 0 Å². The maximum Gasteiger partial charge on any atom is 0.293 e. The van der Waals surface area contributed by atoms with Crippen LogP contribution in [0.25, 0.3) is 16.7 Å². The fraction of sp³-hybridized carbons (Fsp3) is 0.167. The Balaban J connectivity index is 1.28. The molecule has 3 aromatic carbocycles. The summed E-state index contributed by atoms with van der Waals surface area (Å²) in [4.78, 5) is 27.4. The molecule has 0 unspecified atom stereocenters. The summed E-state index contributed by atoms with van der Waals surface area (Å²) in [6.07, 6.45) is 0. The third-order valence-electron chi connectivity index (χ3n) is 5.64. The van der Waals surface area contributed by atoms with E-state index in [1.807, 2.05) is 35.2 Å². The van der Waals surface area contributed by atoms with E-state index in [-0.39, 0.29) is 16.4 Å². The maximum atomic E-state index is 12.8. The lowest BCUT2D eigenvalue weighted by molar-refractivity contribution is -0.384. The molecule has 11 nitrogen and oxygen atoms in total. The molecule has 12 heteroatoms. The summed E-state index contributed by atoms with van der Waals surface area (Å²) in [6.45, 7) is 2.08. The number of rotatable bonds is 5. The number of nitrogens with zero attached hydrogens (tertiary/aromatic N) is 5. The average Bonchev–Trinajstić information content (AvgIpc) is 3.33. The number of benzene rings is 3. The first-order chi connectivity index (χ1) is 17.5. The molecule has 182 valence electrons. The Kier molecular flexibility index (Phi) is 6.52. The minimum atomic E-state index is -0.555. The van der Waals surface area contributed by atoms with Crippen molar-refractivity contribution in [1.82, 2.24) is 20.3 Å². The van der Waals surface area contributed by atoms with E-state index in [2.05, 4.69) is 20.8 Å². The van der Waals surface area contributed by atoms with Gasteiger partial charge in [0, 0.05) is 30.4 Å². The van der Waals surface area contributed by atoms with Gasteiger partial charge < -0.3 is 15.0 Å². The van der Waals surface area contributed by atoms with Crippen molar-refractivity contribution in [2.45, 2.75) is 0 Å². The van der Waals surface area contributed by atoms with Crippen LogP contribution in [0, 0.1) is 10.1 Å². The van der Waals surface area contributed by atoms with E-state index in [0.717, 1.165) is 5.69 Å². The first-order valence-corrected chi connectivity index (χ1v) is 11.5. The maximum absolute atomic E-state index is 12.8. The molecule has 1 fully saturated rings. The normalized spacial score (nSPS) is 13.4. The van der Waals surface area contributed by atoms with Gasteiger partial charge in [-0.2, -0.15) is 4.80 Å². The number of anilines is 2. The number of nitrogens with one attached hydrogen (secondary N) is 2. The van der Waals surface area contributed by atoms with Crippen molar-refractivity contribution in [3.05, 3.63) is 82.4 Å². The summed E-state index contributed by atoms with van der Waals surface area (Å²) < 4.78 is 5.32. The van der Waals surface area contributed by atoms with Crippen LogP contribution in [0.15, 0.2) is 66.7 Å². The van der Waals surface area contributed by atoms with E-state index < -0.39 is 10.8 Å². The first kappa shape index (κ1) is 23.3. The van der Waals surface area contributed by atoms with Crippen LogP contribution in [-0.4, -0.2) is 57.2 Å². The Morgan fingerprint density at radius 3 is 2.50 bits per heavy atom. The molecule has 0 radical (unpaired) electrons. The Hall–Kier alpha value is -4.42. The second kappa shape index (κ2) is 10.1. The number of thiocarbonyl (C=S) groups is 1. The fourth-order valence-corrected chi connectivity index (χ4v) is 4.10. The highest BCUT2D eigenvalue weighted by molar-refractivity contribution is 7.80. The van der Waals surface area contributed by atoms with Gasteiger partial charge >= 0.3 is 0 Å². The van der Waals surface area contributed by atoms with E-state index >= 15 is 0 Å². The summed E-state index contributed by atoms with van der Waals surface area (Å²) in [5.41, 5.74) is 3.23. The molecule has 0 saturated carbocycles. The number of nitro benzene ring substituents is 1. The zero-order chi connectivity index (χ0) is 25.1. The number of morpholine rings is 1. The molecule has 5 rings (SSSR count). The van der Waals surface area contributed by atoms with Gasteiger partial charge in [0.05, 0.1) is 23.8 Å². The number of carbonyl (C=O) groups excluding carboxylic acids is 1. The molecule has 0 atom stereocenters. The smallest absolute Gasteiger partial charge is 0.293 e. The van der Waals surface area contributed by atoms with Gasteiger partial charge in [0.1, 0.15) is 16.7 Å². The van der Waals surface area contributed by atoms with Crippen molar-refractivity contribution >= 4 is 51.3 Å². The highest BCUT2D eigenvalue weighted by atomic mass is 32.1. The number of fused-ring (bicyclic) bond motifs is 1. The third kappa shape index (κ3) is 4.99. The second-order valence-electron chi connectivity index (χ2n) is 8.00. The third-order valence-corrected chi connectivity index (χ3v) is 5.84. The highest BCUT2D eigenvalue weighted by Gasteiger charge is 2.23. The van der Waals surface area contributed by atoms with Crippen molar-refractivity contribution < 1.29 is 14.5 Å². The Labute approximate surface area is 210 Å². The fourth-order valence-electron chi connectivity index (χ4n) is 3.89. The van der Waals surface area contributed by atoms with E-state index in [0.29, 0.717) is 48.7 Å². The number of hydrogen-bond acceptors (Lipinski definition) is 8. The number of hydrogen-bond donors (Lipinski definition) is 2. The molecule has 1 aromatic heterocycles. The molecule has 1 aliphatic rings. The molecule has 1 amide bonds. The summed E-state index contributed by atoms with van der Waals surface area (Å²) in [7, 11) is 0. The zero-order valence-electron chi connectivity index (χ0n) is 19.0. The predicted molar refractivity (Wildman–Crippen MR) is 139 cm³/mol. The highest BCUT2D eigenvalue weighted by Crippen LogP contribution is 2.30. The first-order valence-electron chi connectivity index (χ1n) is 11.1. The average molecular weight is 504 g/mol. The zero-order valence-corrected chi connectivity index (χ0v) is 19.8. The Morgan fingerprint density at radius 2 is 1.75 bits per heavy atom. The number of nitro groups is 1. The number of aromatic nitrogens is 3. The lowest BCUT2D eigenvalue weighted by Gasteiger charge is -2.28. The number of ether oxygens (including phenoxy) is 1. The molecular weight excluding hydrogens is 482 g/mol. The van der Waals surface area contributed by atoms with Crippen LogP contribution in [0.5, 0.6) is 0 Å². The quantitative estimate of drug-likeness (QED) is 0.240. The predicted octanol–water partition coefficient (Wildman–Crippen LogP) is 3.29. The van der Waals surface area contributed by atoms with Crippen LogP contribution in [0.2, 0.25) is 0 Å². The molecule has 4 aromatic rings. The molecule has 2 heterocycles. The molecule has 0 aliphatic carbocycles. The minimum Gasteiger partial charge on any atom is -0.378 e. The van der Waals surface area contributed by atoms with Crippen molar-refractivity contribution in [1.29, 1.82) is 0 Å². The number of amides is 1. The van der Waals surface area contributed by atoms with Gasteiger partial charge in [0.2, 0.25) is 0 Å². The van der Waals surface area contributed by atoms with E-state index in [1.54, 1.807) is 35.1 Å². The van der Waals surface area contributed by atoms with Gasteiger partial charge in [0.15, 0.2) is 5.11 Å². The standard InChI is InChI=1S/C24H21N7O4S/c32-23(16-6-9-21(22(14-16)31(33)34)29-10-12-35-13-11-29)26-24(36)25-17-7-8-19-20(15-17)28-30(27-19)18-4-2-1-3-5-18/h1-9,14-15H,10-13H2,(H2,25,26,32,36). The molecular formula is C24H21N7O4S. The Morgan fingerprint density at radius 1 is 1.00 bits per heavy atom. The van der Waals surface area contributed by atoms with E-state index in [9.17, 15) is 14.9 Å². The summed E-state index contributed by atoms with van der Waals surface area (Å²) in [6, 6.07) is 19.3. The van der Waals surface area contributed by atoms with Gasteiger partial charge in [-0.15, -0.1) is 10.2 Å². The summed E-state index contributed by atoms with van der Waals surface area (Å²) in [5.74, 6) is -0.555. The van der Waals surface area contributed by atoms with Gasteiger partial charge in [-0.05, 0) is 54.7 Å². The monoisotopic (exact) mass is 503 g/mol. The van der Waals surface area contributed by atoms with Crippen molar-refractivity contribution in [3.8, 4) is 5.69 Å².